The van der Waals surface area contributed by atoms with Crippen molar-refractivity contribution in [2.24, 2.45) is 0 Å². The number of methoxy groups -OCH3 is 1. The number of carbonyl (C=O) groups is 1. The van der Waals surface area contributed by atoms with Crippen molar-refractivity contribution in [1.82, 2.24) is 20.3 Å². The summed E-state index contributed by atoms with van der Waals surface area (Å²) in [7, 11) is 1.69. The van der Waals surface area contributed by atoms with Gasteiger partial charge in [0.15, 0.2) is 0 Å². The molecule has 7 heteroatoms. The van der Waals surface area contributed by atoms with E-state index in [2.05, 4.69) is 51.5 Å². The number of ether oxygens (including phenoxy) is 1. The molecule has 1 atom stereocenters. The summed E-state index contributed by atoms with van der Waals surface area (Å²) >= 11 is 0. The molecule has 5 rings (SSSR count). The molecule has 0 fully saturated rings. The lowest BCUT2D eigenvalue weighted by atomic mass is 10.0. The lowest BCUT2D eigenvalue weighted by Crippen LogP contribution is -2.29. The smallest absolute Gasteiger partial charge is 0.267 e. The average molecular weight is 471 g/mol. The first-order valence-electron chi connectivity index (χ1n) is 11.9. The van der Waals surface area contributed by atoms with Crippen LogP contribution in [-0.4, -0.2) is 39.6 Å². The molecule has 180 valence electrons. The van der Waals surface area contributed by atoms with E-state index in [1.807, 2.05) is 24.4 Å². The molecule has 2 heterocycles. The van der Waals surface area contributed by atoms with Crippen LogP contribution in [0.5, 0.6) is 5.75 Å². The second-order valence-corrected chi connectivity index (χ2v) is 8.99. The van der Waals surface area contributed by atoms with Crippen LogP contribution in [0.4, 0.5) is 0 Å². The zero-order valence-corrected chi connectivity index (χ0v) is 19.8. The fourth-order valence-electron chi connectivity index (χ4n) is 5.11. The third kappa shape index (κ3) is 5.01. The highest BCUT2D eigenvalue weighted by Crippen LogP contribution is 2.37. The summed E-state index contributed by atoms with van der Waals surface area (Å²) < 4.78 is 5.36. The van der Waals surface area contributed by atoms with Crippen LogP contribution >= 0.6 is 0 Å². The summed E-state index contributed by atoms with van der Waals surface area (Å²) in [5.74, 6) is 0.325. The highest BCUT2D eigenvalue weighted by Gasteiger charge is 2.28. The topological polar surface area (TPSA) is 93.4 Å². The molecule has 1 unspecified atom stereocenters. The molecule has 2 aromatic heterocycles. The number of nitrogens with one attached hydrogen (secondary N) is 3. The van der Waals surface area contributed by atoms with Crippen molar-refractivity contribution in [1.29, 1.82) is 0 Å². The maximum atomic E-state index is 11.3. The molecule has 1 aliphatic carbocycles. The minimum Gasteiger partial charge on any atom is -0.497 e. The molecular formula is C28H30N4O3. The fraction of sp³-hybridized carbons (Fsp3) is 0.250. The first-order chi connectivity index (χ1) is 17.1. The largest absolute Gasteiger partial charge is 0.497 e. The van der Waals surface area contributed by atoms with E-state index in [0.717, 1.165) is 49.2 Å². The van der Waals surface area contributed by atoms with Crippen molar-refractivity contribution in [2.45, 2.75) is 31.8 Å². The van der Waals surface area contributed by atoms with Crippen LogP contribution in [0, 0.1) is 0 Å². The van der Waals surface area contributed by atoms with Gasteiger partial charge in [-0.15, -0.1) is 0 Å². The van der Waals surface area contributed by atoms with Crippen LogP contribution in [0.2, 0.25) is 0 Å². The molecule has 4 aromatic rings. The molecular weight excluding hydrogens is 440 g/mol. The number of amides is 1. The van der Waals surface area contributed by atoms with Gasteiger partial charge in [-0.25, -0.2) is 5.48 Å². The summed E-state index contributed by atoms with van der Waals surface area (Å²) in [6.07, 6.45) is 12.2. The standard InChI is InChI=1S/C28H30N4O3/c1-35-23-5-7-24-22(17-30-26(24)15-23)11-13-32(18-20-10-12-29-16-20)27-8-4-21-14-19(2-6-25(21)27)3-9-28(33)31-34/h2-3,5-7,9-10,12,14-17,27,29-30,34H,4,8,11,13,18H2,1H3,(H,31,33). The third-order valence-corrected chi connectivity index (χ3v) is 6.88. The molecule has 4 N–H and O–H groups in total. The summed E-state index contributed by atoms with van der Waals surface area (Å²) in [6, 6.07) is 15.0. The van der Waals surface area contributed by atoms with Crippen molar-refractivity contribution in [3.63, 3.8) is 0 Å². The number of nitrogens with zero attached hydrogens (tertiary/aromatic N) is 1. The summed E-state index contributed by atoms with van der Waals surface area (Å²) in [6.45, 7) is 1.81. The van der Waals surface area contributed by atoms with Gasteiger partial charge in [-0.05, 0) is 71.4 Å². The first-order valence-corrected chi connectivity index (χ1v) is 11.9. The number of fused-ring (bicyclic) bond motifs is 2. The van der Waals surface area contributed by atoms with Crippen LogP contribution in [-0.2, 0) is 24.2 Å². The van der Waals surface area contributed by atoms with Gasteiger partial charge < -0.3 is 14.7 Å². The molecule has 0 saturated heterocycles. The Morgan fingerprint density at radius 3 is 2.94 bits per heavy atom. The zero-order valence-electron chi connectivity index (χ0n) is 19.8. The minimum absolute atomic E-state index is 0.337. The van der Waals surface area contributed by atoms with Gasteiger partial charge in [0.2, 0.25) is 0 Å². The van der Waals surface area contributed by atoms with Gasteiger partial charge in [0.25, 0.3) is 5.91 Å². The monoisotopic (exact) mass is 470 g/mol. The highest BCUT2D eigenvalue weighted by atomic mass is 16.5. The van der Waals surface area contributed by atoms with Crippen molar-refractivity contribution < 1.29 is 14.7 Å². The fourth-order valence-corrected chi connectivity index (χ4v) is 5.11. The maximum Gasteiger partial charge on any atom is 0.267 e. The SMILES string of the molecule is COc1ccc2c(CCN(Cc3cc[nH]c3)C3CCc4cc(C=CC(=O)NO)ccc43)c[nH]c2c1. The number of aromatic nitrogens is 2. The normalized spacial score (nSPS) is 15.2. The molecule has 0 radical (unpaired) electrons. The molecule has 0 spiro atoms. The minimum atomic E-state index is -0.531. The Kier molecular flexibility index (Phi) is 6.70. The average Bonchev–Trinajstić information content (AvgIpc) is 3.64. The Morgan fingerprint density at radius 2 is 2.14 bits per heavy atom. The number of benzene rings is 2. The van der Waals surface area contributed by atoms with E-state index in [-0.39, 0.29) is 0 Å². The van der Waals surface area contributed by atoms with E-state index in [0.29, 0.717) is 6.04 Å². The van der Waals surface area contributed by atoms with Crippen LogP contribution in [0.25, 0.3) is 17.0 Å². The van der Waals surface area contributed by atoms with Gasteiger partial charge in [0.05, 0.1) is 7.11 Å². The number of hydrogen-bond donors (Lipinski definition) is 4. The van der Waals surface area contributed by atoms with E-state index in [9.17, 15) is 4.79 Å². The Labute approximate surface area is 204 Å². The molecule has 0 saturated carbocycles. The van der Waals surface area contributed by atoms with Gasteiger partial charge in [0.1, 0.15) is 5.75 Å². The van der Waals surface area contributed by atoms with Gasteiger partial charge in [0, 0.05) is 60.8 Å². The quantitative estimate of drug-likeness (QED) is 0.161. The maximum absolute atomic E-state index is 11.3. The van der Waals surface area contributed by atoms with E-state index in [1.165, 1.54) is 33.7 Å². The van der Waals surface area contributed by atoms with E-state index in [4.69, 9.17) is 9.94 Å². The molecule has 0 aliphatic heterocycles. The van der Waals surface area contributed by atoms with Gasteiger partial charge in [-0.3, -0.25) is 14.9 Å². The third-order valence-electron chi connectivity index (χ3n) is 6.88. The van der Waals surface area contributed by atoms with Gasteiger partial charge >= 0.3 is 0 Å². The van der Waals surface area contributed by atoms with E-state index >= 15 is 0 Å². The number of H-pyrrole nitrogens is 2. The number of aryl methyl sites for hydroxylation is 1. The van der Waals surface area contributed by atoms with Crippen LogP contribution < -0.4 is 10.2 Å². The molecule has 35 heavy (non-hydrogen) atoms. The molecule has 0 bridgehead atoms. The van der Waals surface area contributed by atoms with Crippen LogP contribution in [0.15, 0.2) is 67.1 Å². The summed E-state index contributed by atoms with van der Waals surface area (Å²) in [4.78, 5) is 20.5. The van der Waals surface area contributed by atoms with Gasteiger partial charge in [-0.1, -0.05) is 18.2 Å². The molecule has 2 aromatic carbocycles. The predicted molar refractivity (Wildman–Crippen MR) is 136 cm³/mol. The molecule has 7 nitrogen and oxygen atoms in total. The Bertz CT molecular complexity index is 1340. The molecule has 1 aliphatic rings. The Morgan fingerprint density at radius 1 is 1.23 bits per heavy atom. The van der Waals surface area contributed by atoms with Crippen molar-refractivity contribution in [2.75, 3.05) is 13.7 Å². The number of aromatic amines is 2. The van der Waals surface area contributed by atoms with Crippen molar-refractivity contribution >= 4 is 22.9 Å². The summed E-state index contributed by atoms with van der Waals surface area (Å²) in [5, 5.41) is 9.94. The lowest BCUT2D eigenvalue weighted by molar-refractivity contribution is -0.124. The second kappa shape index (κ2) is 10.2. The summed E-state index contributed by atoms with van der Waals surface area (Å²) in [5.41, 5.74) is 8.94. The first kappa shape index (κ1) is 23.0. The van der Waals surface area contributed by atoms with E-state index in [1.54, 1.807) is 18.7 Å². The number of rotatable bonds is 9. The predicted octanol–water partition coefficient (Wildman–Crippen LogP) is 4.76. The van der Waals surface area contributed by atoms with Crippen molar-refractivity contribution in [3.8, 4) is 5.75 Å². The Balaban J connectivity index is 1.37. The van der Waals surface area contributed by atoms with Crippen LogP contribution in [0.1, 0.15) is 40.3 Å². The van der Waals surface area contributed by atoms with Crippen LogP contribution in [0.3, 0.4) is 0 Å². The second-order valence-electron chi connectivity index (χ2n) is 8.99. The number of hydrogen-bond acceptors (Lipinski definition) is 4. The van der Waals surface area contributed by atoms with Gasteiger partial charge in [-0.2, -0.15) is 0 Å². The lowest BCUT2D eigenvalue weighted by Gasteiger charge is -2.29. The number of carbonyl (C=O) groups excluding carboxylic acids is 1. The Hall–Kier alpha value is -3.81. The highest BCUT2D eigenvalue weighted by molar-refractivity contribution is 5.90. The van der Waals surface area contributed by atoms with E-state index < -0.39 is 5.91 Å². The zero-order chi connectivity index (χ0) is 24.2. The van der Waals surface area contributed by atoms with Crippen molar-refractivity contribution in [3.05, 3.63) is 94.9 Å². The number of hydroxylamine groups is 1. The molecule has 1 amide bonds.